The van der Waals surface area contributed by atoms with Crippen molar-refractivity contribution in [3.8, 4) is 0 Å². The third kappa shape index (κ3) is 2.96. The zero-order valence-corrected chi connectivity index (χ0v) is 10.4. The summed E-state index contributed by atoms with van der Waals surface area (Å²) in [5.74, 6) is 1.57. The molecule has 1 heterocycles. The highest BCUT2D eigenvalue weighted by Crippen LogP contribution is 2.30. The number of amides is 1. The molecule has 92 valence electrons. The number of anilines is 1. The fraction of sp³-hybridized carbons (Fsp3) is 0.538. The molecule has 1 aromatic rings. The fourth-order valence-corrected chi connectivity index (χ4v) is 1.85. The minimum Gasteiger partial charge on any atom is -0.373 e. The largest absolute Gasteiger partial charge is 0.373 e. The van der Waals surface area contributed by atoms with E-state index in [0.717, 1.165) is 24.8 Å². The van der Waals surface area contributed by atoms with E-state index in [-0.39, 0.29) is 5.91 Å². The summed E-state index contributed by atoms with van der Waals surface area (Å²) in [7, 11) is 1.80. The number of carbonyl (C=O) groups excluding carboxylic acids is 1. The predicted molar refractivity (Wildman–Crippen MR) is 68.1 cm³/mol. The summed E-state index contributed by atoms with van der Waals surface area (Å²) in [6, 6.07) is 3.58. The maximum atomic E-state index is 12.3. The Morgan fingerprint density at radius 2 is 2.35 bits per heavy atom. The van der Waals surface area contributed by atoms with Gasteiger partial charge in [-0.15, -0.1) is 0 Å². The molecule has 1 fully saturated rings. The maximum Gasteiger partial charge on any atom is 0.254 e. The van der Waals surface area contributed by atoms with Crippen molar-refractivity contribution in [3.63, 3.8) is 0 Å². The van der Waals surface area contributed by atoms with Gasteiger partial charge in [-0.25, -0.2) is 4.98 Å². The average Bonchev–Trinajstić information content (AvgIpc) is 3.19. The average molecular weight is 233 g/mol. The minimum absolute atomic E-state index is 0.110. The van der Waals surface area contributed by atoms with Crippen LogP contribution in [-0.2, 0) is 0 Å². The Bertz CT molecular complexity index is 401. The molecular formula is C13H19N3O. The van der Waals surface area contributed by atoms with Crippen LogP contribution in [0.2, 0.25) is 0 Å². The van der Waals surface area contributed by atoms with Gasteiger partial charge in [-0.1, -0.05) is 0 Å². The van der Waals surface area contributed by atoms with Crippen LogP contribution in [-0.4, -0.2) is 35.9 Å². The van der Waals surface area contributed by atoms with E-state index < -0.39 is 0 Å². The van der Waals surface area contributed by atoms with E-state index in [1.54, 1.807) is 25.4 Å². The van der Waals surface area contributed by atoms with Crippen molar-refractivity contribution in [1.29, 1.82) is 0 Å². The van der Waals surface area contributed by atoms with E-state index in [2.05, 4.69) is 10.3 Å². The highest BCUT2D eigenvalue weighted by molar-refractivity contribution is 5.94. The van der Waals surface area contributed by atoms with Gasteiger partial charge in [0, 0.05) is 31.9 Å². The van der Waals surface area contributed by atoms with Crippen LogP contribution < -0.4 is 5.32 Å². The molecule has 2 rings (SSSR count). The van der Waals surface area contributed by atoms with Crippen molar-refractivity contribution < 1.29 is 4.79 Å². The number of rotatable bonds is 5. The van der Waals surface area contributed by atoms with Crippen molar-refractivity contribution in [2.75, 3.05) is 25.5 Å². The van der Waals surface area contributed by atoms with Gasteiger partial charge < -0.3 is 10.2 Å². The van der Waals surface area contributed by atoms with Crippen LogP contribution in [0.4, 0.5) is 5.82 Å². The van der Waals surface area contributed by atoms with Crippen LogP contribution in [0.3, 0.4) is 0 Å². The summed E-state index contributed by atoms with van der Waals surface area (Å²) in [5.41, 5.74) is 0.715. The van der Waals surface area contributed by atoms with E-state index in [4.69, 9.17) is 0 Å². The van der Waals surface area contributed by atoms with Gasteiger partial charge in [-0.2, -0.15) is 0 Å². The van der Waals surface area contributed by atoms with Crippen molar-refractivity contribution in [2.24, 2.45) is 5.92 Å². The van der Waals surface area contributed by atoms with Gasteiger partial charge in [0.2, 0.25) is 0 Å². The van der Waals surface area contributed by atoms with Gasteiger partial charge in [0.1, 0.15) is 5.82 Å². The molecule has 0 bridgehead atoms. The van der Waals surface area contributed by atoms with Crippen molar-refractivity contribution in [3.05, 3.63) is 23.9 Å². The molecule has 0 spiro atoms. The van der Waals surface area contributed by atoms with Gasteiger partial charge in [0.15, 0.2) is 0 Å². The lowest BCUT2D eigenvalue weighted by Crippen LogP contribution is -2.32. The molecule has 1 aliphatic rings. The zero-order valence-electron chi connectivity index (χ0n) is 10.4. The van der Waals surface area contributed by atoms with Crippen LogP contribution in [0, 0.1) is 5.92 Å². The monoisotopic (exact) mass is 233 g/mol. The lowest BCUT2D eigenvalue weighted by molar-refractivity contribution is 0.0757. The second kappa shape index (κ2) is 5.17. The van der Waals surface area contributed by atoms with Crippen LogP contribution in [0.1, 0.15) is 30.1 Å². The Balaban J connectivity index is 2.09. The van der Waals surface area contributed by atoms with Gasteiger partial charge in [-0.3, -0.25) is 4.79 Å². The molecule has 1 aromatic heterocycles. The Labute approximate surface area is 102 Å². The zero-order chi connectivity index (χ0) is 12.3. The van der Waals surface area contributed by atoms with E-state index in [0.29, 0.717) is 5.56 Å². The molecule has 0 saturated heterocycles. The molecule has 0 radical (unpaired) electrons. The van der Waals surface area contributed by atoms with Crippen molar-refractivity contribution >= 4 is 11.7 Å². The predicted octanol–water partition coefficient (Wildman–Crippen LogP) is 2.00. The summed E-state index contributed by atoms with van der Waals surface area (Å²) < 4.78 is 0. The smallest absolute Gasteiger partial charge is 0.254 e. The van der Waals surface area contributed by atoms with Crippen LogP contribution in [0.25, 0.3) is 0 Å². The molecule has 1 N–H and O–H groups in total. The molecule has 4 nitrogen and oxygen atoms in total. The summed E-state index contributed by atoms with van der Waals surface area (Å²) in [6.45, 7) is 3.69. The van der Waals surface area contributed by atoms with E-state index in [9.17, 15) is 4.79 Å². The summed E-state index contributed by atoms with van der Waals surface area (Å²) >= 11 is 0. The highest BCUT2D eigenvalue weighted by atomic mass is 16.2. The number of nitrogens with zero attached hydrogens (tertiary/aromatic N) is 2. The van der Waals surface area contributed by atoms with Crippen molar-refractivity contribution in [2.45, 2.75) is 19.8 Å². The van der Waals surface area contributed by atoms with Crippen molar-refractivity contribution in [1.82, 2.24) is 9.88 Å². The van der Waals surface area contributed by atoms with Gasteiger partial charge >= 0.3 is 0 Å². The first-order valence-electron chi connectivity index (χ1n) is 6.17. The second-order valence-electron chi connectivity index (χ2n) is 4.47. The van der Waals surface area contributed by atoms with Gasteiger partial charge in [-0.05, 0) is 37.8 Å². The Morgan fingerprint density at radius 3 is 2.94 bits per heavy atom. The van der Waals surface area contributed by atoms with E-state index in [1.807, 2.05) is 11.8 Å². The number of nitrogens with one attached hydrogen (secondary N) is 1. The number of pyridine rings is 1. The molecular weight excluding hydrogens is 214 g/mol. The summed E-state index contributed by atoms with van der Waals surface area (Å²) in [4.78, 5) is 18.3. The number of hydrogen-bond acceptors (Lipinski definition) is 3. The number of aromatic nitrogens is 1. The summed E-state index contributed by atoms with van der Waals surface area (Å²) in [5, 5.41) is 2.95. The highest BCUT2D eigenvalue weighted by Gasteiger charge is 2.26. The topological polar surface area (TPSA) is 45.2 Å². The van der Waals surface area contributed by atoms with Crippen LogP contribution in [0.5, 0.6) is 0 Å². The molecule has 1 aliphatic carbocycles. The first kappa shape index (κ1) is 11.9. The SMILES string of the molecule is CCN(CC1CC1)C(=O)c1ccnc(NC)c1. The third-order valence-electron chi connectivity index (χ3n) is 3.11. The normalized spacial score (nSPS) is 14.5. The maximum absolute atomic E-state index is 12.3. The van der Waals surface area contributed by atoms with Gasteiger partial charge in [0.25, 0.3) is 5.91 Å². The Morgan fingerprint density at radius 1 is 1.59 bits per heavy atom. The molecule has 0 aliphatic heterocycles. The fourth-order valence-electron chi connectivity index (χ4n) is 1.85. The Hall–Kier alpha value is -1.58. The first-order chi connectivity index (χ1) is 8.24. The standard InChI is InChI=1S/C13H19N3O/c1-3-16(9-10-4-5-10)13(17)11-6-7-15-12(8-11)14-2/h6-8,10H,3-5,9H2,1-2H3,(H,14,15). The molecule has 0 aromatic carbocycles. The second-order valence-corrected chi connectivity index (χ2v) is 4.47. The Kier molecular flexibility index (Phi) is 3.61. The lowest BCUT2D eigenvalue weighted by atomic mass is 10.2. The summed E-state index contributed by atoms with van der Waals surface area (Å²) in [6.07, 6.45) is 4.20. The third-order valence-corrected chi connectivity index (χ3v) is 3.11. The number of carbonyl (C=O) groups is 1. The lowest BCUT2D eigenvalue weighted by Gasteiger charge is -2.20. The molecule has 4 heteroatoms. The van der Waals surface area contributed by atoms with Crippen LogP contribution in [0.15, 0.2) is 18.3 Å². The quantitative estimate of drug-likeness (QED) is 0.846. The van der Waals surface area contributed by atoms with Crippen LogP contribution >= 0.6 is 0 Å². The van der Waals surface area contributed by atoms with E-state index in [1.165, 1.54) is 12.8 Å². The molecule has 1 saturated carbocycles. The number of hydrogen-bond donors (Lipinski definition) is 1. The minimum atomic E-state index is 0.110. The molecule has 0 unspecified atom stereocenters. The first-order valence-corrected chi connectivity index (χ1v) is 6.17. The van der Waals surface area contributed by atoms with E-state index >= 15 is 0 Å². The molecule has 1 amide bonds. The molecule has 0 atom stereocenters. The van der Waals surface area contributed by atoms with Gasteiger partial charge in [0.05, 0.1) is 0 Å². The molecule has 17 heavy (non-hydrogen) atoms.